The Morgan fingerprint density at radius 3 is 2.96 bits per heavy atom. The second-order valence-electron chi connectivity index (χ2n) is 5.38. The van der Waals surface area contributed by atoms with Gasteiger partial charge < -0.3 is 5.32 Å². The average molecular weight is 401 g/mol. The van der Waals surface area contributed by atoms with Crippen LogP contribution >= 0.6 is 34.7 Å². The van der Waals surface area contributed by atoms with Crippen molar-refractivity contribution in [2.75, 3.05) is 11.1 Å². The Hall–Kier alpha value is -2.35. The van der Waals surface area contributed by atoms with Gasteiger partial charge in [0.2, 0.25) is 5.91 Å². The van der Waals surface area contributed by atoms with E-state index in [1.54, 1.807) is 6.20 Å². The highest BCUT2D eigenvalue weighted by atomic mass is 35.5. The lowest BCUT2D eigenvalue weighted by molar-refractivity contribution is -0.113. The molecule has 0 bridgehead atoms. The maximum absolute atomic E-state index is 12.3. The largest absolute Gasteiger partial charge is 0.301 e. The molecule has 1 N–H and O–H groups in total. The molecule has 2 heterocycles. The molecule has 0 aliphatic rings. The van der Waals surface area contributed by atoms with Crippen molar-refractivity contribution in [3.63, 3.8) is 0 Å². The van der Waals surface area contributed by atoms with E-state index in [1.165, 1.54) is 23.1 Å². The van der Waals surface area contributed by atoms with Crippen LogP contribution in [0.25, 0.3) is 15.9 Å². The van der Waals surface area contributed by atoms with Gasteiger partial charge in [-0.15, -0.1) is 0 Å². The van der Waals surface area contributed by atoms with Gasteiger partial charge in [0, 0.05) is 23.1 Å². The van der Waals surface area contributed by atoms with Crippen LogP contribution in [0.1, 0.15) is 0 Å². The summed E-state index contributed by atoms with van der Waals surface area (Å²) in [5, 5.41) is 4.84. The van der Waals surface area contributed by atoms with Crippen molar-refractivity contribution in [3.05, 3.63) is 65.9 Å². The number of nitrogens with one attached hydrogen (secondary N) is 1. The fourth-order valence-electron chi connectivity index (χ4n) is 2.43. The van der Waals surface area contributed by atoms with E-state index in [4.69, 9.17) is 11.6 Å². The molecule has 0 radical (unpaired) electrons. The Kier molecular flexibility index (Phi) is 4.92. The zero-order valence-corrected chi connectivity index (χ0v) is 15.8. The van der Waals surface area contributed by atoms with Gasteiger partial charge in [-0.2, -0.15) is 0 Å². The van der Waals surface area contributed by atoms with E-state index >= 15 is 0 Å². The first kappa shape index (κ1) is 17.1. The molecule has 0 spiro atoms. The number of benzene rings is 2. The van der Waals surface area contributed by atoms with Crippen molar-refractivity contribution in [2.24, 2.45) is 0 Å². The number of aromatic nitrogens is 3. The van der Waals surface area contributed by atoms with Crippen LogP contribution in [-0.2, 0) is 4.79 Å². The van der Waals surface area contributed by atoms with E-state index in [1.807, 2.05) is 59.3 Å². The Labute approximate surface area is 163 Å². The normalized spacial score (nSPS) is 11.0. The SMILES string of the molecule is O=C(CSc1nccn1-c1cccc(Cl)c1)Nc1nc2ccccc2s1. The van der Waals surface area contributed by atoms with Gasteiger partial charge in [0.05, 0.1) is 16.0 Å². The van der Waals surface area contributed by atoms with Gasteiger partial charge in [0.25, 0.3) is 0 Å². The maximum Gasteiger partial charge on any atom is 0.236 e. The summed E-state index contributed by atoms with van der Waals surface area (Å²) in [6.07, 6.45) is 3.55. The predicted molar refractivity (Wildman–Crippen MR) is 108 cm³/mol. The molecule has 2 aromatic heterocycles. The smallest absolute Gasteiger partial charge is 0.236 e. The standard InChI is InChI=1S/C18H13ClN4OS2/c19-12-4-3-5-13(10-12)23-9-8-20-18(23)25-11-16(24)22-17-21-14-6-1-2-7-15(14)26-17/h1-10H,11H2,(H,21,22,24). The van der Waals surface area contributed by atoms with E-state index < -0.39 is 0 Å². The van der Waals surface area contributed by atoms with Crippen molar-refractivity contribution in [1.29, 1.82) is 0 Å². The highest BCUT2D eigenvalue weighted by Crippen LogP contribution is 2.26. The maximum atomic E-state index is 12.3. The van der Waals surface area contributed by atoms with Crippen LogP contribution in [0, 0.1) is 0 Å². The number of hydrogen-bond acceptors (Lipinski definition) is 5. The van der Waals surface area contributed by atoms with Crippen LogP contribution in [0.5, 0.6) is 0 Å². The van der Waals surface area contributed by atoms with E-state index in [-0.39, 0.29) is 11.7 Å². The minimum Gasteiger partial charge on any atom is -0.301 e. The van der Waals surface area contributed by atoms with E-state index in [0.717, 1.165) is 21.1 Å². The van der Waals surface area contributed by atoms with Crippen molar-refractivity contribution < 1.29 is 4.79 Å². The number of nitrogens with zero attached hydrogens (tertiary/aromatic N) is 3. The Morgan fingerprint density at radius 1 is 1.23 bits per heavy atom. The third kappa shape index (κ3) is 3.75. The summed E-state index contributed by atoms with van der Waals surface area (Å²) in [6, 6.07) is 15.3. The summed E-state index contributed by atoms with van der Waals surface area (Å²) in [6.45, 7) is 0. The molecule has 0 atom stereocenters. The van der Waals surface area contributed by atoms with Gasteiger partial charge in [0.1, 0.15) is 0 Å². The molecular weight excluding hydrogens is 388 g/mol. The second-order valence-corrected chi connectivity index (χ2v) is 7.79. The Balaban J connectivity index is 1.43. The first-order valence-electron chi connectivity index (χ1n) is 7.76. The highest BCUT2D eigenvalue weighted by molar-refractivity contribution is 7.99. The summed E-state index contributed by atoms with van der Waals surface area (Å²) in [4.78, 5) is 21.0. The van der Waals surface area contributed by atoms with Gasteiger partial charge in [-0.25, -0.2) is 9.97 Å². The van der Waals surface area contributed by atoms with Gasteiger partial charge in [0.15, 0.2) is 10.3 Å². The molecule has 0 aliphatic carbocycles. The molecule has 0 fully saturated rings. The number of thioether (sulfide) groups is 1. The van der Waals surface area contributed by atoms with Crippen LogP contribution < -0.4 is 5.32 Å². The Morgan fingerprint density at radius 2 is 2.12 bits per heavy atom. The summed E-state index contributed by atoms with van der Waals surface area (Å²) >= 11 is 8.88. The number of imidazole rings is 1. The molecule has 1 amide bonds. The Bertz CT molecular complexity index is 1040. The lowest BCUT2D eigenvalue weighted by Crippen LogP contribution is -2.14. The molecule has 5 nitrogen and oxygen atoms in total. The summed E-state index contributed by atoms with van der Waals surface area (Å²) < 4.78 is 2.95. The molecule has 0 unspecified atom stereocenters. The number of halogens is 1. The molecule has 4 aromatic rings. The zero-order chi connectivity index (χ0) is 17.9. The molecule has 2 aromatic carbocycles. The number of carbonyl (C=O) groups excluding carboxylic acids is 1. The lowest BCUT2D eigenvalue weighted by Gasteiger charge is -2.07. The quantitative estimate of drug-likeness (QED) is 0.486. The lowest BCUT2D eigenvalue weighted by atomic mass is 10.3. The summed E-state index contributed by atoms with van der Waals surface area (Å²) in [7, 11) is 0. The fourth-order valence-corrected chi connectivity index (χ4v) is 4.27. The predicted octanol–water partition coefficient (Wildman–Crippen LogP) is 4.87. The number of hydrogen-bond donors (Lipinski definition) is 1. The van der Waals surface area contributed by atoms with Gasteiger partial charge in [-0.1, -0.05) is 52.9 Å². The van der Waals surface area contributed by atoms with Crippen molar-refractivity contribution in [3.8, 4) is 5.69 Å². The van der Waals surface area contributed by atoms with Gasteiger partial charge in [-0.3, -0.25) is 9.36 Å². The van der Waals surface area contributed by atoms with E-state index in [0.29, 0.717) is 10.2 Å². The molecular formula is C18H13ClN4OS2. The first-order valence-corrected chi connectivity index (χ1v) is 9.94. The summed E-state index contributed by atoms with van der Waals surface area (Å²) in [5.74, 6) is 0.128. The van der Waals surface area contributed by atoms with Crippen LogP contribution in [0.4, 0.5) is 5.13 Å². The zero-order valence-electron chi connectivity index (χ0n) is 13.4. The number of rotatable bonds is 5. The molecule has 26 heavy (non-hydrogen) atoms. The monoisotopic (exact) mass is 400 g/mol. The van der Waals surface area contributed by atoms with Gasteiger partial charge >= 0.3 is 0 Å². The number of amides is 1. The minimum atomic E-state index is -0.116. The molecule has 0 saturated carbocycles. The number of para-hydroxylation sites is 1. The molecule has 0 saturated heterocycles. The number of anilines is 1. The molecule has 130 valence electrons. The van der Waals surface area contributed by atoms with E-state index in [9.17, 15) is 4.79 Å². The average Bonchev–Trinajstić information content (AvgIpc) is 3.26. The van der Waals surface area contributed by atoms with Crippen molar-refractivity contribution in [2.45, 2.75) is 5.16 Å². The van der Waals surface area contributed by atoms with Crippen LogP contribution in [0.3, 0.4) is 0 Å². The van der Waals surface area contributed by atoms with Crippen LogP contribution in [0.15, 0.2) is 66.1 Å². The third-order valence-electron chi connectivity index (χ3n) is 3.57. The van der Waals surface area contributed by atoms with E-state index in [2.05, 4.69) is 15.3 Å². The number of thiazole rings is 1. The number of fused-ring (bicyclic) bond motifs is 1. The molecule has 0 aliphatic heterocycles. The van der Waals surface area contributed by atoms with Crippen molar-refractivity contribution in [1.82, 2.24) is 14.5 Å². The minimum absolute atomic E-state index is 0.116. The summed E-state index contributed by atoms with van der Waals surface area (Å²) in [5.41, 5.74) is 1.79. The third-order valence-corrected chi connectivity index (χ3v) is 5.72. The highest BCUT2D eigenvalue weighted by Gasteiger charge is 2.11. The molecule has 8 heteroatoms. The van der Waals surface area contributed by atoms with Gasteiger partial charge in [-0.05, 0) is 30.3 Å². The van der Waals surface area contributed by atoms with Crippen LogP contribution in [0.2, 0.25) is 5.02 Å². The second kappa shape index (κ2) is 7.49. The van der Waals surface area contributed by atoms with Crippen LogP contribution in [-0.4, -0.2) is 26.2 Å². The topological polar surface area (TPSA) is 59.8 Å². The molecule has 4 rings (SSSR count). The fraction of sp³-hybridized carbons (Fsp3) is 0.0556. The first-order chi connectivity index (χ1) is 12.7. The number of carbonyl (C=O) groups is 1. The van der Waals surface area contributed by atoms with Crippen molar-refractivity contribution >= 4 is 56.0 Å².